The molecule has 0 amide bonds. The van der Waals surface area contributed by atoms with E-state index in [-0.39, 0.29) is 0 Å². The van der Waals surface area contributed by atoms with Crippen molar-refractivity contribution in [2.24, 2.45) is 17.8 Å². The Kier molecular flexibility index (Phi) is 6.63. The Morgan fingerprint density at radius 1 is 1.24 bits per heavy atom. The van der Waals surface area contributed by atoms with Gasteiger partial charge >= 0.3 is 0 Å². The summed E-state index contributed by atoms with van der Waals surface area (Å²) in [6.07, 6.45) is 23.1. The van der Waals surface area contributed by atoms with Crippen LogP contribution in [0.1, 0.15) is 33.6 Å². The Bertz CT molecular complexity index is 464. The maximum absolute atomic E-state index is 2.46. The molecular formula is C20H28S. The summed E-state index contributed by atoms with van der Waals surface area (Å²) in [6.45, 7) is 6.73. The molecule has 21 heavy (non-hydrogen) atoms. The summed E-state index contributed by atoms with van der Waals surface area (Å²) in [4.78, 5) is 0. The molecule has 0 bridgehead atoms. The van der Waals surface area contributed by atoms with Crippen molar-refractivity contribution in [3.63, 3.8) is 0 Å². The van der Waals surface area contributed by atoms with Gasteiger partial charge in [0.05, 0.1) is 0 Å². The van der Waals surface area contributed by atoms with Crippen LogP contribution in [-0.2, 0) is 0 Å². The molecule has 0 radical (unpaired) electrons. The minimum absolute atomic E-state index is 0.634. The molecule has 0 spiro atoms. The van der Waals surface area contributed by atoms with Gasteiger partial charge in [-0.15, -0.1) is 0 Å². The molecule has 1 heteroatoms. The Hall–Kier alpha value is -0.950. The molecule has 0 aromatic heterocycles. The van der Waals surface area contributed by atoms with E-state index in [1.807, 2.05) is 0 Å². The maximum atomic E-state index is 2.46. The van der Waals surface area contributed by atoms with E-state index < -0.39 is 0 Å². The fraction of sp³-hybridized carbons (Fsp3) is 0.500. The third kappa shape index (κ3) is 5.07. The molecule has 2 rings (SSSR count). The van der Waals surface area contributed by atoms with E-state index in [1.54, 1.807) is 5.57 Å². The lowest BCUT2D eigenvalue weighted by molar-refractivity contribution is 0.671. The van der Waals surface area contributed by atoms with Gasteiger partial charge in [-0.3, -0.25) is 0 Å². The van der Waals surface area contributed by atoms with Crippen molar-refractivity contribution in [3.05, 3.63) is 60.3 Å². The molecule has 0 aromatic rings. The van der Waals surface area contributed by atoms with Crippen LogP contribution < -0.4 is 0 Å². The van der Waals surface area contributed by atoms with Crippen LogP contribution in [0.25, 0.3) is 0 Å². The lowest BCUT2D eigenvalue weighted by atomic mass is 9.89. The smallest absolute Gasteiger partial charge is 0.0290 e. The third-order valence-corrected chi connectivity index (χ3v) is 5.87. The summed E-state index contributed by atoms with van der Waals surface area (Å²) in [7, 11) is 0. The van der Waals surface area contributed by atoms with Crippen LogP contribution in [0.2, 0.25) is 0 Å². The highest BCUT2D eigenvalue weighted by molar-refractivity contribution is 8.00. The first-order valence-corrected chi connectivity index (χ1v) is 9.21. The average molecular weight is 301 g/mol. The van der Waals surface area contributed by atoms with Crippen LogP contribution in [0.4, 0.5) is 0 Å². The van der Waals surface area contributed by atoms with Gasteiger partial charge in [-0.05, 0) is 43.1 Å². The second-order valence-electron chi connectivity index (χ2n) is 6.20. The number of hydrogen-bond acceptors (Lipinski definition) is 1. The lowest BCUT2D eigenvalue weighted by Gasteiger charge is -2.25. The van der Waals surface area contributed by atoms with E-state index in [2.05, 4.69) is 87.2 Å². The summed E-state index contributed by atoms with van der Waals surface area (Å²) >= 11 is 2.11. The monoisotopic (exact) mass is 300 g/mol. The highest BCUT2D eigenvalue weighted by Gasteiger charge is 2.19. The molecule has 0 heterocycles. The lowest BCUT2D eigenvalue weighted by Crippen LogP contribution is -2.16. The topological polar surface area (TPSA) is 0 Å². The number of allylic oxidation sites excluding steroid dienone is 9. The predicted molar refractivity (Wildman–Crippen MR) is 97.6 cm³/mol. The second-order valence-corrected chi connectivity index (χ2v) is 7.42. The number of hydrogen-bond donors (Lipinski definition) is 0. The summed E-state index contributed by atoms with van der Waals surface area (Å²) in [5.74, 6) is 3.22. The van der Waals surface area contributed by atoms with Gasteiger partial charge in [0.15, 0.2) is 0 Å². The molecule has 4 atom stereocenters. The normalized spacial score (nSPS) is 29.9. The van der Waals surface area contributed by atoms with E-state index in [9.17, 15) is 0 Å². The Morgan fingerprint density at radius 2 is 2.05 bits per heavy atom. The molecule has 2 aliphatic carbocycles. The van der Waals surface area contributed by atoms with Gasteiger partial charge in [-0.1, -0.05) is 68.5 Å². The quantitative estimate of drug-likeness (QED) is 0.546. The summed E-state index contributed by atoms with van der Waals surface area (Å²) in [5, 5.41) is 0.634. The minimum Gasteiger partial charge on any atom is -0.153 e. The zero-order chi connectivity index (χ0) is 15.1. The highest BCUT2D eigenvalue weighted by Crippen LogP contribution is 2.32. The van der Waals surface area contributed by atoms with Gasteiger partial charge in [-0.2, -0.15) is 11.8 Å². The number of thioether (sulfide) groups is 1. The van der Waals surface area contributed by atoms with Crippen molar-refractivity contribution in [1.82, 2.24) is 0 Å². The van der Waals surface area contributed by atoms with Crippen molar-refractivity contribution in [2.75, 3.05) is 5.75 Å². The van der Waals surface area contributed by atoms with Crippen LogP contribution in [0.15, 0.2) is 60.3 Å². The van der Waals surface area contributed by atoms with Crippen LogP contribution in [0.5, 0.6) is 0 Å². The first kappa shape index (κ1) is 16.4. The summed E-state index contributed by atoms with van der Waals surface area (Å²) in [5.41, 5.74) is 1.54. The van der Waals surface area contributed by atoms with Gasteiger partial charge in [0.1, 0.15) is 0 Å². The minimum atomic E-state index is 0.634. The van der Waals surface area contributed by atoms with Crippen molar-refractivity contribution < 1.29 is 0 Å². The van der Waals surface area contributed by atoms with E-state index in [0.29, 0.717) is 23.0 Å². The third-order valence-electron chi connectivity index (χ3n) is 4.30. The largest absolute Gasteiger partial charge is 0.153 e. The molecule has 0 aromatic carbocycles. The van der Waals surface area contributed by atoms with E-state index >= 15 is 0 Å². The van der Waals surface area contributed by atoms with Gasteiger partial charge < -0.3 is 0 Å². The second kappa shape index (κ2) is 8.48. The molecule has 4 unspecified atom stereocenters. The molecule has 2 aliphatic rings. The molecule has 0 N–H and O–H groups in total. The van der Waals surface area contributed by atoms with E-state index in [1.165, 1.54) is 12.2 Å². The zero-order valence-electron chi connectivity index (χ0n) is 13.5. The van der Waals surface area contributed by atoms with Crippen molar-refractivity contribution >= 4 is 11.8 Å². The Labute approximate surface area is 134 Å². The molecular weight excluding hydrogens is 272 g/mol. The van der Waals surface area contributed by atoms with Crippen molar-refractivity contribution in [1.29, 1.82) is 0 Å². The van der Waals surface area contributed by atoms with Crippen molar-refractivity contribution in [3.8, 4) is 0 Å². The molecule has 0 nitrogen and oxygen atoms in total. The number of rotatable bonds is 6. The van der Waals surface area contributed by atoms with E-state index in [0.717, 1.165) is 6.42 Å². The summed E-state index contributed by atoms with van der Waals surface area (Å²) in [6, 6.07) is 0. The Balaban J connectivity index is 1.95. The van der Waals surface area contributed by atoms with Gasteiger partial charge in [-0.25, -0.2) is 0 Å². The Morgan fingerprint density at radius 3 is 2.71 bits per heavy atom. The molecule has 0 saturated carbocycles. The molecule has 114 valence electrons. The standard InChI is InChI=1S/C20H28S/c1-4-5-9-19(18-13-11-16(2)12-14-18)15-21-20-10-7-6-8-17(20)3/h4-8,10-11,13-14,16-17,19-20H,9,12,15H2,1-3H3. The summed E-state index contributed by atoms with van der Waals surface area (Å²) < 4.78 is 0. The van der Waals surface area contributed by atoms with Gasteiger partial charge in [0.2, 0.25) is 0 Å². The maximum Gasteiger partial charge on any atom is 0.0290 e. The van der Waals surface area contributed by atoms with Crippen LogP contribution in [0.3, 0.4) is 0 Å². The molecule has 0 saturated heterocycles. The van der Waals surface area contributed by atoms with E-state index in [4.69, 9.17) is 0 Å². The fourth-order valence-corrected chi connectivity index (χ4v) is 4.16. The predicted octanol–water partition coefficient (Wildman–Crippen LogP) is 5.96. The van der Waals surface area contributed by atoms with Crippen LogP contribution in [0, 0.1) is 17.8 Å². The highest BCUT2D eigenvalue weighted by atomic mass is 32.2. The first-order chi connectivity index (χ1) is 10.2. The first-order valence-electron chi connectivity index (χ1n) is 8.16. The SMILES string of the molecule is CC=CCC(CSC1C=CC=CC1C)C1=CCC(C)C=C1. The fourth-order valence-electron chi connectivity index (χ4n) is 2.78. The van der Waals surface area contributed by atoms with Crippen LogP contribution in [-0.4, -0.2) is 11.0 Å². The average Bonchev–Trinajstić information content (AvgIpc) is 2.50. The van der Waals surface area contributed by atoms with Crippen molar-refractivity contribution in [2.45, 2.75) is 38.9 Å². The van der Waals surface area contributed by atoms with Crippen LogP contribution >= 0.6 is 11.8 Å². The van der Waals surface area contributed by atoms with Gasteiger partial charge in [0.25, 0.3) is 0 Å². The van der Waals surface area contributed by atoms with Gasteiger partial charge in [0, 0.05) is 11.0 Å². The molecule has 0 fully saturated rings. The zero-order valence-corrected chi connectivity index (χ0v) is 14.4. The molecule has 0 aliphatic heterocycles.